The minimum atomic E-state index is -1.01. The summed E-state index contributed by atoms with van der Waals surface area (Å²) in [6, 6.07) is 6.19. The number of anilines is 1. The van der Waals surface area contributed by atoms with Crippen molar-refractivity contribution in [1.82, 2.24) is 5.32 Å². The van der Waals surface area contributed by atoms with Gasteiger partial charge in [0, 0.05) is 12.7 Å². The summed E-state index contributed by atoms with van der Waals surface area (Å²) in [5.74, 6) is -0.323. The Kier molecular flexibility index (Phi) is 6.38. The van der Waals surface area contributed by atoms with Gasteiger partial charge in [-0.2, -0.15) is 11.8 Å². The van der Waals surface area contributed by atoms with Gasteiger partial charge in [-0.15, -0.1) is 0 Å². The third kappa shape index (κ3) is 4.45. The Balaban J connectivity index is 2.73. The number of para-hydroxylation sites is 1. The lowest BCUT2D eigenvalue weighted by molar-refractivity contribution is -0.139. The van der Waals surface area contributed by atoms with Crippen LogP contribution in [0.15, 0.2) is 24.3 Å². The Morgan fingerprint density at radius 2 is 2.05 bits per heavy atom. The fourth-order valence-electron chi connectivity index (χ4n) is 1.79. The van der Waals surface area contributed by atoms with Crippen molar-refractivity contribution in [3.05, 3.63) is 29.8 Å². The number of urea groups is 1. The molecular weight excluding hydrogens is 276 g/mol. The molecule has 1 aromatic carbocycles. The highest BCUT2D eigenvalue weighted by Gasteiger charge is 2.22. The van der Waals surface area contributed by atoms with E-state index in [1.165, 1.54) is 4.90 Å². The summed E-state index contributed by atoms with van der Waals surface area (Å²) in [5, 5.41) is 11.7. The van der Waals surface area contributed by atoms with Gasteiger partial charge in [-0.05, 0) is 37.0 Å². The van der Waals surface area contributed by atoms with E-state index in [0.29, 0.717) is 12.2 Å². The van der Waals surface area contributed by atoms with E-state index >= 15 is 0 Å². The van der Waals surface area contributed by atoms with Crippen LogP contribution >= 0.6 is 11.8 Å². The molecule has 0 bridgehead atoms. The molecule has 2 N–H and O–H groups in total. The first kappa shape index (κ1) is 16.4. The Bertz CT molecular complexity index is 479. The summed E-state index contributed by atoms with van der Waals surface area (Å²) in [6.07, 6.45) is 2.31. The predicted octanol–water partition coefficient (Wildman–Crippen LogP) is 2.35. The second kappa shape index (κ2) is 7.79. The highest BCUT2D eigenvalue weighted by molar-refractivity contribution is 7.98. The Labute approximate surface area is 123 Å². The molecule has 5 nitrogen and oxygen atoms in total. The van der Waals surface area contributed by atoms with Gasteiger partial charge in [0.25, 0.3) is 0 Å². The smallest absolute Gasteiger partial charge is 0.326 e. The van der Waals surface area contributed by atoms with Crippen LogP contribution < -0.4 is 10.2 Å². The van der Waals surface area contributed by atoms with Crippen LogP contribution in [0, 0.1) is 6.92 Å². The number of nitrogens with zero attached hydrogens (tertiary/aromatic N) is 1. The van der Waals surface area contributed by atoms with E-state index in [0.717, 1.165) is 11.3 Å². The van der Waals surface area contributed by atoms with Crippen molar-refractivity contribution >= 4 is 29.4 Å². The number of rotatable bonds is 6. The maximum Gasteiger partial charge on any atom is 0.326 e. The predicted molar refractivity (Wildman–Crippen MR) is 82.5 cm³/mol. The van der Waals surface area contributed by atoms with Gasteiger partial charge in [0.1, 0.15) is 6.04 Å². The maximum atomic E-state index is 12.1. The number of aliphatic carboxylic acids is 1. The molecule has 0 unspecified atom stereocenters. The molecule has 0 aromatic heterocycles. The van der Waals surface area contributed by atoms with Crippen molar-refractivity contribution in [2.75, 3.05) is 24.0 Å². The molecule has 0 saturated carbocycles. The van der Waals surface area contributed by atoms with Crippen LogP contribution in [0.1, 0.15) is 12.0 Å². The first-order valence-electron chi connectivity index (χ1n) is 6.29. The molecule has 110 valence electrons. The van der Waals surface area contributed by atoms with Crippen molar-refractivity contribution < 1.29 is 14.7 Å². The van der Waals surface area contributed by atoms with Gasteiger partial charge in [0.2, 0.25) is 0 Å². The zero-order chi connectivity index (χ0) is 15.1. The summed E-state index contributed by atoms with van der Waals surface area (Å²) in [5.41, 5.74) is 1.72. The van der Waals surface area contributed by atoms with Crippen molar-refractivity contribution in [1.29, 1.82) is 0 Å². The van der Waals surface area contributed by atoms with Gasteiger partial charge in [-0.3, -0.25) is 4.90 Å². The van der Waals surface area contributed by atoms with E-state index in [4.69, 9.17) is 5.11 Å². The topological polar surface area (TPSA) is 69.6 Å². The van der Waals surface area contributed by atoms with Gasteiger partial charge in [0.15, 0.2) is 0 Å². The quantitative estimate of drug-likeness (QED) is 0.845. The molecule has 1 rings (SSSR count). The van der Waals surface area contributed by atoms with E-state index in [-0.39, 0.29) is 0 Å². The van der Waals surface area contributed by atoms with E-state index in [1.54, 1.807) is 18.8 Å². The van der Waals surface area contributed by atoms with Gasteiger partial charge < -0.3 is 10.4 Å². The molecule has 0 saturated heterocycles. The number of hydrogen-bond donors (Lipinski definition) is 2. The van der Waals surface area contributed by atoms with Crippen LogP contribution in [0.4, 0.5) is 10.5 Å². The fourth-order valence-corrected chi connectivity index (χ4v) is 2.26. The second-order valence-corrected chi connectivity index (χ2v) is 5.45. The lowest BCUT2D eigenvalue weighted by Crippen LogP contribution is -2.47. The molecular formula is C14H20N2O3S. The van der Waals surface area contributed by atoms with Crippen LogP contribution in [-0.2, 0) is 4.79 Å². The molecule has 0 aliphatic heterocycles. The first-order valence-corrected chi connectivity index (χ1v) is 7.68. The van der Waals surface area contributed by atoms with Crippen molar-refractivity contribution in [2.24, 2.45) is 0 Å². The molecule has 1 atom stereocenters. The fraction of sp³-hybridized carbons (Fsp3) is 0.429. The molecule has 0 aliphatic rings. The van der Waals surface area contributed by atoms with Crippen LogP contribution in [0.3, 0.4) is 0 Å². The van der Waals surface area contributed by atoms with Gasteiger partial charge >= 0.3 is 12.0 Å². The zero-order valence-electron chi connectivity index (χ0n) is 11.9. The average molecular weight is 296 g/mol. The van der Waals surface area contributed by atoms with Gasteiger partial charge in [-0.25, -0.2) is 9.59 Å². The average Bonchev–Trinajstić information content (AvgIpc) is 2.42. The number of carbonyl (C=O) groups excluding carboxylic acids is 1. The molecule has 0 spiro atoms. The van der Waals surface area contributed by atoms with Gasteiger partial charge in [0.05, 0.1) is 0 Å². The van der Waals surface area contributed by atoms with Crippen molar-refractivity contribution in [3.8, 4) is 0 Å². The number of carbonyl (C=O) groups is 2. The van der Waals surface area contributed by atoms with E-state index < -0.39 is 18.0 Å². The van der Waals surface area contributed by atoms with E-state index in [2.05, 4.69) is 5.32 Å². The SMILES string of the molecule is CSCC[C@@H](NC(=O)N(C)c1ccccc1C)C(=O)O. The lowest BCUT2D eigenvalue weighted by atomic mass is 10.2. The first-order chi connectivity index (χ1) is 9.47. The normalized spacial score (nSPS) is 11.8. The molecule has 0 aliphatic carbocycles. The summed E-state index contributed by atoms with van der Waals surface area (Å²) in [7, 11) is 1.63. The van der Waals surface area contributed by atoms with E-state index in [9.17, 15) is 9.59 Å². The standard InChI is InChI=1S/C14H20N2O3S/c1-10-6-4-5-7-12(10)16(2)14(19)15-11(13(17)18)8-9-20-3/h4-7,11H,8-9H2,1-3H3,(H,15,19)(H,17,18)/t11-/m1/s1. The number of carboxylic acids is 1. The molecule has 6 heteroatoms. The monoisotopic (exact) mass is 296 g/mol. The van der Waals surface area contributed by atoms with Crippen LogP contribution in [0.5, 0.6) is 0 Å². The Morgan fingerprint density at radius 3 is 2.60 bits per heavy atom. The van der Waals surface area contributed by atoms with Crippen molar-refractivity contribution in [2.45, 2.75) is 19.4 Å². The van der Waals surface area contributed by atoms with Crippen LogP contribution in [0.2, 0.25) is 0 Å². The molecule has 0 heterocycles. The number of amides is 2. The number of nitrogens with one attached hydrogen (secondary N) is 1. The second-order valence-electron chi connectivity index (χ2n) is 4.47. The third-order valence-electron chi connectivity index (χ3n) is 2.99. The summed E-state index contributed by atoms with van der Waals surface area (Å²) in [4.78, 5) is 24.7. The third-order valence-corrected chi connectivity index (χ3v) is 3.63. The highest BCUT2D eigenvalue weighted by atomic mass is 32.2. The number of hydrogen-bond acceptors (Lipinski definition) is 3. The molecule has 2 amide bonds. The Morgan fingerprint density at radius 1 is 1.40 bits per heavy atom. The van der Waals surface area contributed by atoms with Crippen LogP contribution in [0.25, 0.3) is 0 Å². The molecule has 0 fully saturated rings. The summed E-state index contributed by atoms with van der Waals surface area (Å²) >= 11 is 1.55. The molecule has 20 heavy (non-hydrogen) atoms. The maximum absolute atomic E-state index is 12.1. The van der Waals surface area contributed by atoms with E-state index in [1.807, 2.05) is 37.4 Å². The lowest BCUT2D eigenvalue weighted by Gasteiger charge is -2.22. The molecule has 0 radical (unpaired) electrons. The molecule has 1 aromatic rings. The Hall–Kier alpha value is -1.69. The van der Waals surface area contributed by atoms with Gasteiger partial charge in [-0.1, -0.05) is 18.2 Å². The summed E-state index contributed by atoms with van der Waals surface area (Å²) in [6.45, 7) is 1.90. The minimum absolute atomic E-state index is 0.407. The van der Waals surface area contributed by atoms with Crippen molar-refractivity contribution in [3.63, 3.8) is 0 Å². The number of carboxylic acid groups (broad SMARTS) is 1. The highest BCUT2D eigenvalue weighted by Crippen LogP contribution is 2.17. The number of benzene rings is 1. The summed E-state index contributed by atoms with van der Waals surface area (Å²) < 4.78 is 0. The largest absolute Gasteiger partial charge is 0.480 e. The zero-order valence-corrected chi connectivity index (χ0v) is 12.7. The minimum Gasteiger partial charge on any atom is -0.480 e. The number of thioether (sulfide) groups is 1. The number of aryl methyl sites for hydroxylation is 1. The van der Waals surface area contributed by atoms with Crippen LogP contribution in [-0.4, -0.2) is 42.2 Å².